The number of aromatic nitrogens is 3. The molecule has 140 valence electrons. The van der Waals surface area contributed by atoms with E-state index < -0.39 is 17.9 Å². The summed E-state index contributed by atoms with van der Waals surface area (Å²) in [4.78, 5) is 28.5. The lowest BCUT2D eigenvalue weighted by Crippen LogP contribution is -2.44. The fourth-order valence-corrected chi connectivity index (χ4v) is 2.71. The zero-order valence-electron chi connectivity index (χ0n) is 15.0. The average molecular weight is 368 g/mol. The molecular formula is C19H20N4O4. The molecule has 0 fully saturated rings. The molecule has 0 saturated carbocycles. The Balaban J connectivity index is 1.71. The van der Waals surface area contributed by atoms with Gasteiger partial charge in [-0.2, -0.15) is 5.10 Å². The number of carbonyl (C=O) groups is 2. The van der Waals surface area contributed by atoms with Crippen molar-refractivity contribution in [2.75, 3.05) is 6.61 Å². The number of ether oxygens (including phenoxy) is 1. The van der Waals surface area contributed by atoms with E-state index >= 15 is 0 Å². The van der Waals surface area contributed by atoms with Crippen molar-refractivity contribution < 1.29 is 19.4 Å². The molecule has 0 aliphatic carbocycles. The first-order chi connectivity index (χ1) is 13.0. The van der Waals surface area contributed by atoms with Gasteiger partial charge in [0.05, 0.1) is 30.4 Å². The highest BCUT2D eigenvalue weighted by atomic mass is 16.5. The van der Waals surface area contributed by atoms with Gasteiger partial charge in [0.25, 0.3) is 5.91 Å². The molecular weight excluding hydrogens is 348 g/mol. The molecule has 2 N–H and O–H groups in total. The van der Waals surface area contributed by atoms with Crippen LogP contribution >= 0.6 is 0 Å². The molecule has 0 aliphatic rings. The van der Waals surface area contributed by atoms with Gasteiger partial charge < -0.3 is 15.2 Å². The number of hydrogen-bond acceptors (Lipinski definition) is 5. The number of carboxylic acids is 1. The summed E-state index contributed by atoms with van der Waals surface area (Å²) in [6, 6.07) is 9.85. The Labute approximate surface area is 155 Å². The zero-order chi connectivity index (χ0) is 19.4. The second-order valence-electron chi connectivity index (χ2n) is 6.18. The molecule has 0 unspecified atom stereocenters. The van der Waals surface area contributed by atoms with Crippen molar-refractivity contribution in [1.29, 1.82) is 0 Å². The third-order valence-corrected chi connectivity index (χ3v) is 4.08. The average Bonchev–Trinajstić information content (AvgIpc) is 3.01. The van der Waals surface area contributed by atoms with Crippen LogP contribution in [0.15, 0.2) is 42.6 Å². The van der Waals surface area contributed by atoms with Crippen molar-refractivity contribution in [3.8, 4) is 0 Å². The number of nitrogens with zero attached hydrogens (tertiary/aromatic N) is 3. The Bertz CT molecular complexity index is 969. The molecule has 0 aliphatic heterocycles. The third-order valence-electron chi connectivity index (χ3n) is 4.08. The maximum Gasteiger partial charge on any atom is 0.328 e. The van der Waals surface area contributed by atoms with Crippen LogP contribution < -0.4 is 5.32 Å². The van der Waals surface area contributed by atoms with E-state index in [1.54, 1.807) is 30.9 Å². The maximum absolute atomic E-state index is 12.7. The monoisotopic (exact) mass is 368 g/mol. The number of carboxylic acid groups (broad SMARTS) is 1. The number of fused-ring (bicyclic) bond motifs is 1. The van der Waals surface area contributed by atoms with Crippen LogP contribution in [0.3, 0.4) is 0 Å². The van der Waals surface area contributed by atoms with Crippen LogP contribution in [0.25, 0.3) is 11.0 Å². The Morgan fingerprint density at radius 2 is 2.04 bits per heavy atom. The van der Waals surface area contributed by atoms with Gasteiger partial charge in [-0.05, 0) is 18.6 Å². The summed E-state index contributed by atoms with van der Waals surface area (Å²) in [6.07, 6.45) is 1.54. The summed E-state index contributed by atoms with van der Waals surface area (Å²) >= 11 is 0. The number of nitrogens with one attached hydrogen (secondary N) is 1. The van der Waals surface area contributed by atoms with Gasteiger partial charge in [0.15, 0.2) is 11.7 Å². The topological polar surface area (TPSA) is 106 Å². The molecule has 0 bridgehead atoms. The minimum atomic E-state index is -1.17. The van der Waals surface area contributed by atoms with Gasteiger partial charge in [-0.25, -0.2) is 9.78 Å². The second kappa shape index (κ2) is 7.96. The summed E-state index contributed by atoms with van der Waals surface area (Å²) in [5, 5.41) is 16.6. The number of pyridine rings is 1. The van der Waals surface area contributed by atoms with Crippen LogP contribution in [0.5, 0.6) is 0 Å². The van der Waals surface area contributed by atoms with Crippen molar-refractivity contribution in [1.82, 2.24) is 20.1 Å². The van der Waals surface area contributed by atoms with Crippen LogP contribution in [0, 0.1) is 6.92 Å². The largest absolute Gasteiger partial charge is 0.480 e. The zero-order valence-corrected chi connectivity index (χ0v) is 15.0. The summed E-state index contributed by atoms with van der Waals surface area (Å²) in [5.41, 5.74) is 2.46. The Morgan fingerprint density at radius 3 is 2.74 bits per heavy atom. The maximum atomic E-state index is 12.7. The molecule has 27 heavy (non-hydrogen) atoms. The quantitative estimate of drug-likeness (QED) is 0.657. The van der Waals surface area contributed by atoms with Crippen molar-refractivity contribution in [3.05, 3.63) is 59.4 Å². The predicted molar refractivity (Wildman–Crippen MR) is 98.2 cm³/mol. The lowest BCUT2D eigenvalue weighted by atomic mass is 10.1. The number of aliphatic carboxylic acids is 1. The molecule has 3 aromatic rings. The van der Waals surface area contributed by atoms with Crippen molar-refractivity contribution >= 4 is 22.9 Å². The highest BCUT2D eigenvalue weighted by molar-refractivity contribution is 6.06. The van der Waals surface area contributed by atoms with Gasteiger partial charge in [-0.1, -0.05) is 30.3 Å². The van der Waals surface area contributed by atoms with Crippen molar-refractivity contribution in [3.63, 3.8) is 0 Å². The van der Waals surface area contributed by atoms with E-state index in [-0.39, 0.29) is 13.2 Å². The van der Waals surface area contributed by atoms with Crippen LogP contribution in [0.1, 0.15) is 21.6 Å². The van der Waals surface area contributed by atoms with Gasteiger partial charge in [-0.15, -0.1) is 0 Å². The Morgan fingerprint density at radius 1 is 1.30 bits per heavy atom. The van der Waals surface area contributed by atoms with E-state index in [1.807, 2.05) is 30.3 Å². The van der Waals surface area contributed by atoms with E-state index in [1.165, 1.54) is 0 Å². The van der Waals surface area contributed by atoms with Crippen molar-refractivity contribution in [2.24, 2.45) is 7.05 Å². The number of hydrogen-bond donors (Lipinski definition) is 2. The predicted octanol–water partition coefficient (Wildman–Crippen LogP) is 1.68. The molecule has 8 nitrogen and oxygen atoms in total. The molecule has 1 aromatic carbocycles. The van der Waals surface area contributed by atoms with Crippen molar-refractivity contribution in [2.45, 2.75) is 19.6 Å². The number of amides is 1. The van der Waals surface area contributed by atoms with E-state index in [0.717, 1.165) is 5.56 Å². The molecule has 0 radical (unpaired) electrons. The van der Waals surface area contributed by atoms with E-state index in [0.29, 0.717) is 22.3 Å². The lowest BCUT2D eigenvalue weighted by Gasteiger charge is -2.15. The molecule has 2 aromatic heterocycles. The fraction of sp³-hybridized carbons (Fsp3) is 0.263. The number of rotatable bonds is 7. The molecule has 1 atom stereocenters. The number of aryl methyl sites for hydroxylation is 2. The summed E-state index contributed by atoms with van der Waals surface area (Å²) in [7, 11) is 1.73. The summed E-state index contributed by atoms with van der Waals surface area (Å²) < 4.78 is 7.04. The van der Waals surface area contributed by atoms with Gasteiger partial charge in [-0.3, -0.25) is 9.48 Å². The fourth-order valence-electron chi connectivity index (χ4n) is 2.71. The summed E-state index contributed by atoms with van der Waals surface area (Å²) in [5.74, 6) is -1.67. The Hall–Kier alpha value is -3.26. The Kier molecular flexibility index (Phi) is 5.46. The van der Waals surface area contributed by atoms with Crippen LogP contribution in [-0.2, 0) is 23.2 Å². The van der Waals surface area contributed by atoms with E-state index in [2.05, 4.69) is 15.4 Å². The first-order valence-corrected chi connectivity index (χ1v) is 8.40. The SMILES string of the molecule is Cc1cc(C(=O)N[C@H](COCc2ccccc2)C(=O)O)c2cnn(C)c2n1. The van der Waals surface area contributed by atoms with Crippen LogP contribution in [0.4, 0.5) is 0 Å². The first-order valence-electron chi connectivity index (χ1n) is 8.40. The van der Waals surface area contributed by atoms with Gasteiger partial charge in [0, 0.05) is 12.7 Å². The van der Waals surface area contributed by atoms with Gasteiger partial charge >= 0.3 is 5.97 Å². The van der Waals surface area contributed by atoms with Crippen LogP contribution in [0.2, 0.25) is 0 Å². The number of benzene rings is 1. The normalized spacial score (nSPS) is 12.1. The molecule has 1 amide bonds. The molecule has 0 saturated heterocycles. The molecule has 0 spiro atoms. The highest BCUT2D eigenvalue weighted by Crippen LogP contribution is 2.17. The van der Waals surface area contributed by atoms with Gasteiger partial charge in [0.2, 0.25) is 0 Å². The van der Waals surface area contributed by atoms with Gasteiger partial charge in [0.1, 0.15) is 0 Å². The van der Waals surface area contributed by atoms with E-state index in [9.17, 15) is 14.7 Å². The lowest BCUT2D eigenvalue weighted by molar-refractivity contribution is -0.141. The smallest absolute Gasteiger partial charge is 0.328 e. The third kappa shape index (κ3) is 4.29. The standard InChI is InChI=1S/C19H20N4O4/c1-12-8-14(15-9-20-23(2)17(15)21-12)18(24)22-16(19(25)26)11-27-10-13-6-4-3-5-7-13/h3-9,16H,10-11H2,1-2H3,(H,22,24)(H,25,26)/t16-/m1/s1. The number of carbonyl (C=O) groups excluding carboxylic acids is 1. The summed E-state index contributed by atoms with van der Waals surface area (Å²) in [6.45, 7) is 1.89. The van der Waals surface area contributed by atoms with Crippen LogP contribution in [-0.4, -0.2) is 44.4 Å². The minimum Gasteiger partial charge on any atom is -0.480 e. The molecule has 2 heterocycles. The molecule has 3 rings (SSSR count). The van der Waals surface area contributed by atoms with E-state index in [4.69, 9.17) is 4.74 Å². The first kappa shape index (κ1) is 18.5. The molecule has 8 heteroatoms. The highest BCUT2D eigenvalue weighted by Gasteiger charge is 2.23. The minimum absolute atomic E-state index is 0.143. The second-order valence-corrected chi connectivity index (χ2v) is 6.18.